The number of amidine groups is 1. The Hall–Kier alpha value is -2.84. The third kappa shape index (κ3) is 2.00. The zero-order chi connectivity index (χ0) is 13.1. The molecule has 0 fully saturated rings. The number of carbonyl (C=O) groups is 1. The molecule has 0 unspecified atom stereocenters. The van der Waals surface area contributed by atoms with E-state index in [9.17, 15) is 4.79 Å². The molecule has 0 aliphatic carbocycles. The molecule has 0 aliphatic rings. The van der Waals surface area contributed by atoms with Crippen molar-refractivity contribution in [1.29, 1.82) is 0 Å². The van der Waals surface area contributed by atoms with Gasteiger partial charge in [0.1, 0.15) is 5.82 Å². The van der Waals surface area contributed by atoms with Gasteiger partial charge in [-0.05, 0) is 6.92 Å². The van der Waals surface area contributed by atoms with Crippen molar-refractivity contribution in [2.45, 2.75) is 6.92 Å². The zero-order valence-corrected chi connectivity index (χ0v) is 9.34. The number of aromatic amines is 1. The molecule has 2 heterocycles. The molecule has 2 aromatic heterocycles. The monoisotopic (exact) mass is 250 g/mol. The number of nitrogens with zero attached hydrogens (tertiary/aromatic N) is 3. The van der Waals surface area contributed by atoms with Crippen LogP contribution in [0, 0.1) is 6.92 Å². The van der Waals surface area contributed by atoms with Crippen LogP contribution in [0.4, 0.5) is 5.82 Å². The highest BCUT2D eigenvalue weighted by Crippen LogP contribution is 2.13. The van der Waals surface area contributed by atoms with Crippen molar-refractivity contribution in [3.8, 4) is 0 Å². The van der Waals surface area contributed by atoms with Gasteiger partial charge in [0.25, 0.3) is 5.91 Å². The smallest absolute Gasteiger partial charge is 0.294 e. The van der Waals surface area contributed by atoms with Crippen molar-refractivity contribution in [2.24, 2.45) is 10.9 Å². The molecule has 5 N–H and O–H groups in total. The second kappa shape index (κ2) is 4.57. The van der Waals surface area contributed by atoms with Crippen LogP contribution in [0.3, 0.4) is 0 Å². The number of oxime groups is 1. The van der Waals surface area contributed by atoms with E-state index in [4.69, 9.17) is 15.4 Å². The summed E-state index contributed by atoms with van der Waals surface area (Å²) in [6, 6.07) is 0. The topological polar surface area (TPSA) is 142 Å². The second-order valence-corrected chi connectivity index (χ2v) is 3.36. The number of carbonyl (C=O) groups excluding carboxylic acids is 1. The molecule has 9 nitrogen and oxygen atoms in total. The Labute approximate surface area is 101 Å². The number of H-pyrrole nitrogens is 1. The summed E-state index contributed by atoms with van der Waals surface area (Å²) in [6.45, 7) is 1.63. The molecular formula is C9H10N6O3. The zero-order valence-electron chi connectivity index (χ0n) is 9.34. The Balaban J connectivity index is 2.23. The summed E-state index contributed by atoms with van der Waals surface area (Å²) in [5, 5.41) is 20.1. The predicted octanol–water partition coefficient (Wildman–Crippen LogP) is 0.0529. The Morgan fingerprint density at radius 1 is 1.67 bits per heavy atom. The summed E-state index contributed by atoms with van der Waals surface area (Å²) in [4.78, 5) is 15.6. The summed E-state index contributed by atoms with van der Waals surface area (Å²) in [5.41, 5.74) is 6.14. The number of rotatable bonds is 3. The Bertz CT molecular complexity index is 599. The van der Waals surface area contributed by atoms with E-state index >= 15 is 0 Å². The van der Waals surface area contributed by atoms with Gasteiger partial charge < -0.3 is 20.7 Å². The molecule has 18 heavy (non-hydrogen) atoms. The number of nitrogens with one attached hydrogen (secondary N) is 2. The lowest BCUT2D eigenvalue weighted by Crippen LogP contribution is -2.18. The number of amides is 1. The fourth-order valence-electron chi connectivity index (χ4n) is 1.32. The first-order valence-corrected chi connectivity index (χ1v) is 4.86. The van der Waals surface area contributed by atoms with E-state index in [1.165, 1.54) is 12.6 Å². The molecule has 0 saturated carbocycles. The Kier molecular flexibility index (Phi) is 2.96. The molecule has 1 amide bonds. The van der Waals surface area contributed by atoms with Crippen molar-refractivity contribution in [2.75, 3.05) is 5.32 Å². The summed E-state index contributed by atoms with van der Waals surface area (Å²) in [7, 11) is 0. The lowest BCUT2D eigenvalue weighted by atomic mass is 10.3. The SMILES string of the molecule is Cc1ncoc1C(=O)Nc1[nH]ncc1C(N)=NO. The molecule has 0 aliphatic heterocycles. The second-order valence-electron chi connectivity index (χ2n) is 3.36. The summed E-state index contributed by atoms with van der Waals surface area (Å²) >= 11 is 0. The third-order valence-corrected chi connectivity index (χ3v) is 2.21. The molecule has 0 atom stereocenters. The number of oxazole rings is 1. The van der Waals surface area contributed by atoms with Crippen molar-refractivity contribution in [3.05, 3.63) is 29.6 Å². The lowest BCUT2D eigenvalue weighted by molar-refractivity contribution is 0.0995. The summed E-state index contributed by atoms with van der Waals surface area (Å²) < 4.78 is 4.93. The van der Waals surface area contributed by atoms with E-state index in [0.717, 1.165) is 0 Å². The van der Waals surface area contributed by atoms with Gasteiger partial charge in [0, 0.05) is 0 Å². The number of nitrogens with two attached hydrogens (primary N) is 1. The molecule has 0 bridgehead atoms. The molecule has 0 radical (unpaired) electrons. The molecule has 0 spiro atoms. The quantitative estimate of drug-likeness (QED) is 0.262. The highest BCUT2D eigenvalue weighted by Gasteiger charge is 2.17. The van der Waals surface area contributed by atoms with Crippen LogP contribution in [0.25, 0.3) is 0 Å². The van der Waals surface area contributed by atoms with E-state index < -0.39 is 5.91 Å². The maximum atomic E-state index is 11.8. The average molecular weight is 250 g/mol. The van der Waals surface area contributed by atoms with Crippen molar-refractivity contribution < 1.29 is 14.4 Å². The van der Waals surface area contributed by atoms with Gasteiger partial charge >= 0.3 is 0 Å². The van der Waals surface area contributed by atoms with E-state index in [1.807, 2.05) is 0 Å². The van der Waals surface area contributed by atoms with Crippen LogP contribution >= 0.6 is 0 Å². The Morgan fingerprint density at radius 2 is 2.44 bits per heavy atom. The van der Waals surface area contributed by atoms with Crippen molar-refractivity contribution in [3.63, 3.8) is 0 Å². The minimum atomic E-state index is -0.513. The normalized spacial score (nSPS) is 11.5. The summed E-state index contributed by atoms with van der Waals surface area (Å²) in [5.74, 6) is -0.407. The first-order chi connectivity index (χ1) is 8.63. The fourth-order valence-corrected chi connectivity index (χ4v) is 1.32. The van der Waals surface area contributed by atoms with Crippen LogP contribution < -0.4 is 11.1 Å². The van der Waals surface area contributed by atoms with Gasteiger partial charge in [-0.25, -0.2) is 4.98 Å². The van der Waals surface area contributed by atoms with Gasteiger partial charge in [-0.3, -0.25) is 9.89 Å². The third-order valence-electron chi connectivity index (χ3n) is 2.21. The minimum absolute atomic E-state index is 0.0788. The molecular weight excluding hydrogens is 240 g/mol. The number of aromatic nitrogens is 3. The van der Waals surface area contributed by atoms with Crippen LogP contribution in [0.15, 0.2) is 22.2 Å². The average Bonchev–Trinajstić information content (AvgIpc) is 2.97. The van der Waals surface area contributed by atoms with Crippen molar-refractivity contribution in [1.82, 2.24) is 15.2 Å². The molecule has 0 aromatic carbocycles. The maximum absolute atomic E-state index is 11.8. The first kappa shape index (κ1) is 11.6. The minimum Gasteiger partial charge on any atom is -0.438 e. The molecule has 9 heteroatoms. The van der Waals surface area contributed by atoms with Gasteiger partial charge in [0.15, 0.2) is 12.2 Å². The van der Waals surface area contributed by atoms with Crippen molar-refractivity contribution >= 4 is 17.6 Å². The van der Waals surface area contributed by atoms with Gasteiger partial charge in [0.05, 0.1) is 17.5 Å². The van der Waals surface area contributed by atoms with E-state index in [-0.39, 0.29) is 23.0 Å². The van der Waals surface area contributed by atoms with E-state index in [1.54, 1.807) is 6.92 Å². The van der Waals surface area contributed by atoms with Crippen LogP contribution in [0.2, 0.25) is 0 Å². The highest BCUT2D eigenvalue weighted by atomic mass is 16.4. The number of aryl methyl sites for hydroxylation is 1. The van der Waals surface area contributed by atoms with Gasteiger partial charge in [-0.15, -0.1) is 0 Å². The molecule has 0 saturated heterocycles. The molecule has 2 aromatic rings. The predicted molar refractivity (Wildman–Crippen MR) is 60.3 cm³/mol. The van der Waals surface area contributed by atoms with Crippen LogP contribution in [0.1, 0.15) is 21.8 Å². The van der Waals surface area contributed by atoms with Crippen LogP contribution in [-0.2, 0) is 0 Å². The first-order valence-electron chi connectivity index (χ1n) is 4.86. The van der Waals surface area contributed by atoms with E-state index in [0.29, 0.717) is 5.69 Å². The molecule has 94 valence electrons. The lowest BCUT2D eigenvalue weighted by Gasteiger charge is -2.02. The standard InChI is InChI=1S/C9H10N6O3/c1-4-6(18-3-11-4)9(16)13-8-5(2-12-14-8)7(10)15-17/h2-3,17H,1H3,(H2,10,15)(H2,12,13,14,16). The van der Waals surface area contributed by atoms with E-state index in [2.05, 4.69) is 25.7 Å². The fraction of sp³-hybridized carbons (Fsp3) is 0.111. The number of hydrogen-bond donors (Lipinski definition) is 4. The number of hydrogen-bond acceptors (Lipinski definition) is 6. The number of anilines is 1. The van der Waals surface area contributed by atoms with Gasteiger partial charge in [0.2, 0.25) is 5.76 Å². The van der Waals surface area contributed by atoms with Crippen LogP contribution in [-0.4, -0.2) is 32.1 Å². The Morgan fingerprint density at radius 3 is 3.06 bits per heavy atom. The largest absolute Gasteiger partial charge is 0.438 e. The van der Waals surface area contributed by atoms with Gasteiger partial charge in [-0.2, -0.15) is 5.10 Å². The highest BCUT2D eigenvalue weighted by molar-refractivity contribution is 6.08. The van der Waals surface area contributed by atoms with Crippen LogP contribution in [0.5, 0.6) is 0 Å². The molecule has 2 rings (SSSR count). The maximum Gasteiger partial charge on any atom is 0.294 e. The van der Waals surface area contributed by atoms with Gasteiger partial charge in [-0.1, -0.05) is 5.16 Å². The summed E-state index contributed by atoms with van der Waals surface area (Å²) in [6.07, 6.45) is 2.49.